The molecule has 0 saturated heterocycles. The minimum atomic E-state index is -0.669. The third-order valence-electron chi connectivity index (χ3n) is 2.75. The predicted molar refractivity (Wildman–Crippen MR) is 76.6 cm³/mol. The molecule has 0 bridgehead atoms. The molecule has 0 aliphatic heterocycles. The van der Waals surface area contributed by atoms with Crippen molar-refractivity contribution < 1.29 is 8.78 Å². The average molecular weight is 292 g/mol. The highest BCUT2D eigenvalue weighted by Gasteiger charge is 2.13. The van der Waals surface area contributed by atoms with E-state index in [1.165, 1.54) is 29.5 Å². The molecule has 0 atom stereocenters. The first-order valence-corrected chi connectivity index (χ1v) is 6.71. The van der Waals surface area contributed by atoms with Crippen LogP contribution in [0.5, 0.6) is 0 Å². The first-order valence-electron chi connectivity index (χ1n) is 5.83. The molecule has 0 aliphatic carbocycles. The summed E-state index contributed by atoms with van der Waals surface area (Å²) in [6.07, 6.45) is 0. The van der Waals surface area contributed by atoms with Crippen LogP contribution in [0.25, 0.3) is 10.2 Å². The Morgan fingerprint density at radius 1 is 1.10 bits per heavy atom. The van der Waals surface area contributed by atoms with Gasteiger partial charge in [0.2, 0.25) is 5.95 Å². The number of fused-ring (bicyclic) bond motifs is 1. The van der Waals surface area contributed by atoms with Gasteiger partial charge in [0.25, 0.3) is 0 Å². The van der Waals surface area contributed by atoms with E-state index in [2.05, 4.69) is 20.6 Å². The number of nitrogens with one attached hydrogen (secondary N) is 2. The molecular formula is C13H10F2N4S. The van der Waals surface area contributed by atoms with Gasteiger partial charge >= 0.3 is 0 Å². The van der Waals surface area contributed by atoms with Crippen molar-refractivity contribution >= 4 is 39.0 Å². The lowest BCUT2D eigenvalue weighted by molar-refractivity contribution is 0.590. The Labute approximate surface area is 117 Å². The molecule has 20 heavy (non-hydrogen) atoms. The van der Waals surface area contributed by atoms with Crippen molar-refractivity contribution in [1.82, 2.24) is 9.97 Å². The van der Waals surface area contributed by atoms with Gasteiger partial charge in [0.15, 0.2) is 0 Å². The fraction of sp³-hybridized carbons (Fsp3) is 0.0769. The summed E-state index contributed by atoms with van der Waals surface area (Å²) in [5.74, 6) is -0.584. The molecule has 102 valence electrons. The lowest BCUT2D eigenvalue weighted by Crippen LogP contribution is -2.03. The lowest BCUT2D eigenvalue weighted by Gasteiger charge is -2.10. The van der Waals surface area contributed by atoms with Crippen LogP contribution in [0.15, 0.2) is 29.6 Å². The summed E-state index contributed by atoms with van der Waals surface area (Å²) >= 11 is 1.43. The van der Waals surface area contributed by atoms with Gasteiger partial charge in [-0.2, -0.15) is 4.98 Å². The van der Waals surface area contributed by atoms with Crippen LogP contribution in [0.1, 0.15) is 0 Å². The largest absolute Gasteiger partial charge is 0.357 e. The molecule has 0 spiro atoms. The van der Waals surface area contributed by atoms with Crippen LogP contribution in [0.3, 0.4) is 0 Å². The van der Waals surface area contributed by atoms with E-state index < -0.39 is 11.6 Å². The highest BCUT2D eigenvalue weighted by atomic mass is 32.1. The van der Waals surface area contributed by atoms with E-state index in [9.17, 15) is 8.78 Å². The number of aromatic nitrogens is 2. The van der Waals surface area contributed by atoms with E-state index in [1.54, 1.807) is 13.1 Å². The fourth-order valence-electron chi connectivity index (χ4n) is 1.80. The Bertz CT molecular complexity index is 752. The molecule has 1 aromatic carbocycles. The van der Waals surface area contributed by atoms with Crippen molar-refractivity contribution in [3.05, 3.63) is 41.3 Å². The molecule has 0 aliphatic rings. The van der Waals surface area contributed by atoms with E-state index in [0.29, 0.717) is 11.8 Å². The molecule has 3 rings (SSSR count). The molecule has 0 radical (unpaired) electrons. The smallest absolute Gasteiger partial charge is 0.225 e. The van der Waals surface area contributed by atoms with Crippen molar-refractivity contribution in [3.8, 4) is 0 Å². The molecule has 0 fully saturated rings. The molecule has 4 nitrogen and oxygen atoms in total. The predicted octanol–water partition coefficient (Wildman–Crippen LogP) is 3.75. The summed E-state index contributed by atoms with van der Waals surface area (Å²) in [7, 11) is 1.68. The van der Waals surface area contributed by atoms with Crippen molar-refractivity contribution in [3.63, 3.8) is 0 Å². The van der Waals surface area contributed by atoms with Crippen molar-refractivity contribution in [2.24, 2.45) is 0 Å². The summed E-state index contributed by atoms with van der Waals surface area (Å²) in [4.78, 5) is 9.22. The van der Waals surface area contributed by atoms with Gasteiger partial charge in [-0.05, 0) is 23.6 Å². The Morgan fingerprint density at radius 3 is 2.55 bits per heavy atom. The number of halogens is 2. The first-order chi connectivity index (χ1) is 9.69. The quantitative estimate of drug-likeness (QED) is 0.772. The van der Waals surface area contributed by atoms with Gasteiger partial charge in [0.1, 0.15) is 28.0 Å². The number of rotatable bonds is 3. The van der Waals surface area contributed by atoms with E-state index in [4.69, 9.17) is 0 Å². The van der Waals surface area contributed by atoms with E-state index in [0.717, 1.165) is 10.2 Å². The summed E-state index contributed by atoms with van der Waals surface area (Å²) in [5, 5.41) is 8.10. The van der Waals surface area contributed by atoms with Crippen LogP contribution in [-0.2, 0) is 0 Å². The molecule has 0 amide bonds. The summed E-state index contributed by atoms with van der Waals surface area (Å²) in [5.41, 5.74) is -0.222. The molecule has 2 heterocycles. The van der Waals surface area contributed by atoms with Crippen molar-refractivity contribution in [2.45, 2.75) is 0 Å². The number of anilines is 3. The number of nitrogens with zero attached hydrogens (tertiary/aromatic N) is 2. The number of para-hydroxylation sites is 1. The van der Waals surface area contributed by atoms with E-state index >= 15 is 0 Å². The highest BCUT2D eigenvalue weighted by molar-refractivity contribution is 7.16. The summed E-state index contributed by atoms with van der Waals surface area (Å²) in [6, 6.07) is 5.50. The maximum atomic E-state index is 13.7. The van der Waals surface area contributed by atoms with Gasteiger partial charge in [0.05, 0.1) is 5.39 Å². The third-order valence-corrected chi connectivity index (χ3v) is 3.56. The first kappa shape index (κ1) is 12.7. The third kappa shape index (κ3) is 2.16. The highest BCUT2D eigenvalue weighted by Crippen LogP contribution is 2.30. The Kier molecular flexibility index (Phi) is 3.19. The molecule has 2 N–H and O–H groups in total. The van der Waals surface area contributed by atoms with Gasteiger partial charge < -0.3 is 10.6 Å². The monoisotopic (exact) mass is 292 g/mol. The van der Waals surface area contributed by atoms with Gasteiger partial charge in [-0.3, -0.25) is 0 Å². The Morgan fingerprint density at radius 2 is 1.85 bits per heavy atom. The molecule has 0 saturated carbocycles. The van der Waals surface area contributed by atoms with Crippen LogP contribution in [0.4, 0.5) is 26.2 Å². The van der Waals surface area contributed by atoms with Crippen LogP contribution in [0.2, 0.25) is 0 Å². The number of benzene rings is 1. The molecule has 3 aromatic rings. The van der Waals surface area contributed by atoms with Gasteiger partial charge in [0, 0.05) is 7.05 Å². The zero-order valence-corrected chi connectivity index (χ0v) is 11.3. The number of hydrogen-bond acceptors (Lipinski definition) is 5. The Hall–Kier alpha value is -2.28. The van der Waals surface area contributed by atoms with Gasteiger partial charge in [-0.15, -0.1) is 11.3 Å². The van der Waals surface area contributed by atoms with Crippen LogP contribution in [0, 0.1) is 11.6 Å². The molecule has 0 unspecified atom stereocenters. The minimum absolute atomic E-state index is 0.222. The average Bonchev–Trinajstić information content (AvgIpc) is 2.91. The SMILES string of the molecule is CNc1nc(Nc2c(F)cccc2F)c2ccsc2n1. The van der Waals surface area contributed by atoms with E-state index in [1.807, 2.05) is 5.38 Å². The van der Waals surface area contributed by atoms with Crippen molar-refractivity contribution in [1.29, 1.82) is 0 Å². The maximum absolute atomic E-state index is 13.7. The minimum Gasteiger partial charge on any atom is -0.357 e. The number of thiophene rings is 1. The normalized spacial score (nSPS) is 10.8. The molecule has 7 heteroatoms. The second kappa shape index (κ2) is 5.01. The van der Waals surface area contributed by atoms with Gasteiger partial charge in [-0.1, -0.05) is 6.07 Å². The standard InChI is InChI=1S/C13H10F2N4S/c1-16-13-18-11(7-5-6-20-12(7)19-13)17-10-8(14)3-2-4-9(10)15/h2-6H,1H3,(H2,16,17,18,19). The lowest BCUT2D eigenvalue weighted by atomic mass is 10.2. The number of hydrogen-bond donors (Lipinski definition) is 2. The van der Waals surface area contributed by atoms with Crippen LogP contribution in [-0.4, -0.2) is 17.0 Å². The zero-order chi connectivity index (χ0) is 14.1. The maximum Gasteiger partial charge on any atom is 0.225 e. The molecular weight excluding hydrogens is 282 g/mol. The zero-order valence-electron chi connectivity index (χ0n) is 10.4. The fourth-order valence-corrected chi connectivity index (χ4v) is 2.56. The summed E-state index contributed by atoms with van der Waals surface area (Å²) < 4.78 is 27.4. The van der Waals surface area contributed by atoms with Crippen LogP contribution < -0.4 is 10.6 Å². The topological polar surface area (TPSA) is 49.8 Å². The van der Waals surface area contributed by atoms with Crippen LogP contribution >= 0.6 is 11.3 Å². The Balaban J connectivity index is 2.12. The van der Waals surface area contributed by atoms with E-state index in [-0.39, 0.29) is 5.69 Å². The van der Waals surface area contributed by atoms with Gasteiger partial charge in [-0.25, -0.2) is 13.8 Å². The second-order valence-corrected chi connectivity index (χ2v) is 4.90. The summed E-state index contributed by atoms with van der Waals surface area (Å²) in [6.45, 7) is 0. The second-order valence-electron chi connectivity index (χ2n) is 4.01. The molecule has 2 aromatic heterocycles. The van der Waals surface area contributed by atoms with Crippen molar-refractivity contribution in [2.75, 3.05) is 17.7 Å².